The molecule has 4 rings (SSSR count). The first kappa shape index (κ1) is 19.4. The van der Waals surface area contributed by atoms with Gasteiger partial charge in [-0.1, -0.05) is 41.9 Å². The number of hydrogen-bond donors (Lipinski definition) is 2. The van der Waals surface area contributed by atoms with Crippen molar-refractivity contribution in [2.75, 3.05) is 11.9 Å². The maximum absolute atomic E-state index is 12.7. The molecular formula is C23H18ClF3N2. The number of rotatable bonds is 5. The zero-order valence-electron chi connectivity index (χ0n) is 15.4. The Morgan fingerprint density at radius 3 is 2.41 bits per heavy atom. The van der Waals surface area contributed by atoms with E-state index < -0.39 is 11.7 Å². The SMILES string of the molecule is FC(F)(F)c1ccc(CCNc2ccc(Cl)cc2-c2c[nH]c3ccccc23)cc1. The molecular weight excluding hydrogens is 397 g/mol. The third-order valence-corrected chi connectivity index (χ3v) is 5.11. The van der Waals surface area contributed by atoms with Gasteiger partial charge in [-0.25, -0.2) is 0 Å². The van der Waals surface area contributed by atoms with Gasteiger partial charge in [-0.05, 0) is 48.4 Å². The first-order valence-electron chi connectivity index (χ1n) is 9.18. The third-order valence-electron chi connectivity index (χ3n) is 4.87. The molecule has 29 heavy (non-hydrogen) atoms. The zero-order valence-corrected chi connectivity index (χ0v) is 16.1. The number of hydrogen-bond acceptors (Lipinski definition) is 1. The van der Waals surface area contributed by atoms with E-state index >= 15 is 0 Å². The Morgan fingerprint density at radius 1 is 0.897 bits per heavy atom. The molecule has 0 aliphatic carbocycles. The van der Waals surface area contributed by atoms with E-state index in [0.717, 1.165) is 45.4 Å². The van der Waals surface area contributed by atoms with Crippen LogP contribution in [0, 0.1) is 0 Å². The fourth-order valence-electron chi connectivity index (χ4n) is 3.39. The van der Waals surface area contributed by atoms with Gasteiger partial charge in [0.15, 0.2) is 0 Å². The van der Waals surface area contributed by atoms with Gasteiger partial charge in [-0.15, -0.1) is 0 Å². The first-order chi connectivity index (χ1) is 13.9. The number of aromatic nitrogens is 1. The van der Waals surface area contributed by atoms with Crippen molar-refractivity contribution in [1.82, 2.24) is 4.98 Å². The van der Waals surface area contributed by atoms with Crippen molar-refractivity contribution in [3.63, 3.8) is 0 Å². The number of aromatic amines is 1. The fraction of sp³-hybridized carbons (Fsp3) is 0.130. The van der Waals surface area contributed by atoms with Crippen LogP contribution in [0.4, 0.5) is 18.9 Å². The lowest BCUT2D eigenvalue weighted by molar-refractivity contribution is -0.137. The molecule has 4 aromatic rings. The molecule has 1 aromatic heterocycles. The second-order valence-corrected chi connectivity index (χ2v) is 7.25. The Bertz CT molecular complexity index is 1130. The van der Waals surface area contributed by atoms with Crippen molar-refractivity contribution in [2.45, 2.75) is 12.6 Å². The maximum Gasteiger partial charge on any atom is 0.416 e. The van der Waals surface area contributed by atoms with Crippen molar-refractivity contribution in [3.8, 4) is 11.1 Å². The minimum atomic E-state index is -4.31. The molecule has 0 radical (unpaired) electrons. The van der Waals surface area contributed by atoms with Crippen LogP contribution in [0.3, 0.4) is 0 Å². The van der Waals surface area contributed by atoms with Gasteiger partial charge in [0.2, 0.25) is 0 Å². The van der Waals surface area contributed by atoms with Crippen molar-refractivity contribution in [3.05, 3.63) is 89.1 Å². The summed E-state index contributed by atoms with van der Waals surface area (Å²) in [5.74, 6) is 0. The minimum Gasteiger partial charge on any atom is -0.384 e. The molecule has 2 nitrogen and oxygen atoms in total. The lowest BCUT2D eigenvalue weighted by Gasteiger charge is -2.13. The minimum absolute atomic E-state index is 0.586. The molecule has 2 N–H and O–H groups in total. The highest BCUT2D eigenvalue weighted by Crippen LogP contribution is 2.35. The maximum atomic E-state index is 12.7. The molecule has 0 aliphatic rings. The second-order valence-electron chi connectivity index (χ2n) is 6.81. The third kappa shape index (κ3) is 4.25. The zero-order chi connectivity index (χ0) is 20.4. The van der Waals surface area contributed by atoms with Gasteiger partial charge in [0.05, 0.1) is 5.56 Å². The molecule has 0 amide bonds. The average molecular weight is 415 g/mol. The Balaban J connectivity index is 1.53. The Kier molecular flexibility index (Phi) is 5.24. The number of fused-ring (bicyclic) bond motifs is 1. The molecule has 0 bridgehead atoms. The molecule has 6 heteroatoms. The van der Waals surface area contributed by atoms with E-state index in [9.17, 15) is 13.2 Å². The van der Waals surface area contributed by atoms with Gasteiger partial charge >= 0.3 is 6.18 Å². The average Bonchev–Trinajstić information content (AvgIpc) is 3.13. The van der Waals surface area contributed by atoms with E-state index in [1.807, 2.05) is 48.7 Å². The normalized spacial score (nSPS) is 11.7. The van der Waals surface area contributed by atoms with Gasteiger partial charge in [0, 0.05) is 45.5 Å². The Labute approximate surface area is 171 Å². The summed E-state index contributed by atoms with van der Waals surface area (Å²) >= 11 is 6.24. The molecule has 0 fully saturated rings. The highest BCUT2D eigenvalue weighted by molar-refractivity contribution is 6.31. The van der Waals surface area contributed by atoms with Gasteiger partial charge < -0.3 is 10.3 Å². The standard InChI is InChI=1S/C23H18ClF3N2/c24-17-9-10-22(19(13-17)20-14-29-21-4-2-1-3-18(20)21)28-12-11-15-5-7-16(8-6-15)23(25,26)27/h1-10,13-14,28-29H,11-12H2. The molecule has 0 spiro atoms. The number of halogens is 4. The predicted octanol–water partition coefficient (Wildman–Crippen LogP) is 7.16. The summed E-state index contributed by atoms with van der Waals surface area (Å²) in [4.78, 5) is 3.27. The van der Waals surface area contributed by atoms with Gasteiger partial charge in [0.1, 0.15) is 0 Å². The number of benzene rings is 3. The van der Waals surface area contributed by atoms with Crippen molar-refractivity contribution >= 4 is 28.2 Å². The Morgan fingerprint density at radius 2 is 1.66 bits per heavy atom. The summed E-state index contributed by atoms with van der Waals surface area (Å²) in [6, 6.07) is 19.0. The van der Waals surface area contributed by atoms with Crippen molar-refractivity contribution in [1.29, 1.82) is 0 Å². The number of para-hydroxylation sites is 1. The highest BCUT2D eigenvalue weighted by atomic mass is 35.5. The van der Waals surface area contributed by atoms with Crippen LogP contribution in [-0.4, -0.2) is 11.5 Å². The molecule has 0 saturated heterocycles. The van der Waals surface area contributed by atoms with E-state index in [1.165, 1.54) is 12.1 Å². The lowest BCUT2D eigenvalue weighted by Crippen LogP contribution is -2.07. The van der Waals surface area contributed by atoms with E-state index in [1.54, 1.807) is 0 Å². The van der Waals surface area contributed by atoms with E-state index in [-0.39, 0.29) is 0 Å². The van der Waals surface area contributed by atoms with Crippen molar-refractivity contribution < 1.29 is 13.2 Å². The van der Waals surface area contributed by atoms with Crippen LogP contribution in [0.2, 0.25) is 5.02 Å². The van der Waals surface area contributed by atoms with Gasteiger partial charge in [-0.3, -0.25) is 0 Å². The summed E-state index contributed by atoms with van der Waals surface area (Å²) < 4.78 is 38.1. The van der Waals surface area contributed by atoms with E-state index in [4.69, 9.17) is 11.6 Å². The van der Waals surface area contributed by atoms with Crippen LogP contribution in [0.25, 0.3) is 22.0 Å². The summed E-state index contributed by atoms with van der Waals surface area (Å²) in [5, 5.41) is 5.13. The number of nitrogens with one attached hydrogen (secondary N) is 2. The molecule has 0 saturated carbocycles. The summed E-state index contributed by atoms with van der Waals surface area (Å²) in [7, 11) is 0. The topological polar surface area (TPSA) is 27.8 Å². The number of alkyl halides is 3. The largest absolute Gasteiger partial charge is 0.416 e. The molecule has 0 aliphatic heterocycles. The van der Waals surface area contributed by atoms with Crippen LogP contribution in [0.5, 0.6) is 0 Å². The molecule has 148 valence electrons. The Hall–Kier alpha value is -2.92. The van der Waals surface area contributed by atoms with Crippen LogP contribution in [0.15, 0.2) is 72.9 Å². The van der Waals surface area contributed by atoms with Crippen molar-refractivity contribution in [2.24, 2.45) is 0 Å². The molecule has 0 unspecified atom stereocenters. The number of anilines is 1. The summed E-state index contributed by atoms with van der Waals surface area (Å²) in [6.07, 6.45) is -1.75. The van der Waals surface area contributed by atoms with E-state index in [2.05, 4.69) is 10.3 Å². The van der Waals surface area contributed by atoms with Gasteiger partial charge in [0.25, 0.3) is 0 Å². The fourth-order valence-corrected chi connectivity index (χ4v) is 3.56. The monoisotopic (exact) mass is 414 g/mol. The van der Waals surface area contributed by atoms with E-state index in [0.29, 0.717) is 18.0 Å². The van der Waals surface area contributed by atoms with Crippen LogP contribution in [-0.2, 0) is 12.6 Å². The molecule has 0 atom stereocenters. The highest BCUT2D eigenvalue weighted by Gasteiger charge is 2.29. The second kappa shape index (κ2) is 7.84. The lowest BCUT2D eigenvalue weighted by atomic mass is 10.0. The number of H-pyrrole nitrogens is 1. The molecule has 1 heterocycles. The van der Waals surface area contributed by atoms with Gasteiger partial charge in [-0.2, -0.15) is 13.2 Å². The quantitative estimate of drug-likeness (QED) is 0.356. The predicted molar refractivity (Wildman–Crippen MR) is 112 cm³/mol. The first-order valence-corrected chi connectivity index (χ1v) is 9.56. The summed E-state index contributed by atoms with van der Waals surface area (Å²) in [5.41, 5.74) is 4.19. The van der Waals surface area contributed by atoms with Crippen LogP contribution < -0.4 is 5.32 Å². The smallest absolute Gasteiger partial charge is 0.384 e. The van der Waals surface area contributed by atoms with Crippen LogP contribution >= 0.6 is 11.6 Å². The molecule has 3 aromatic carbocycles. The van der Waals surface area contributed by atoms with Crippen LogP contribution in [0.1, 0.15) is 11.1 Å². The summed E-state index contributed by atoms with van der Waals surface area (Å²) in [6.45, 7) is 0.586.